The third-order valence-corrected chi connectivity index (χ3v) is 12.6. The number of pyridine rings is 1. The number of aromatic nitrogens is 3. The Bertz CT molecular complexity index is 2520. The number of aryl methyl sites for hydroxylation is 1. The van der Waals surface area contributed by atoms with E-state index >= 15 is 0 Å². The van der Waals surface area contributed by atoms with E-state index in [2.05, 4.69) is 40.2 Å². The number of piperidine rings is 1. The zero-order valence-corrected chi connectivity index (χ0v) is 31.2. The van der Waals surface area contributed by atoms with Crippen molar-refractivity contribution in [3.63, 3.8) is 0 Å². The first-order valence-corrected chi connectivity index (χ1v) is 19.4. The van der Waals surface area contributed by atoms with Crippen LogP contribution in [0.2, 0.25) is 0 Å². The number of hydrogen-bond acceptors (Lipinski definition) is 6. The fourth-order valence-corrected chi connectivity index (χ4v) is 9.62. The Balaban J connectivity index is 0.896. The number of benzene rings is 3. The van der Waals surface area contributed by atoms with Crippen molar-refractivity contribution in [2.75, 3.05) is 20.3 Å². The summed E-state index contributed by atoms with van der Waals surface area (Å²) in [5.74, 6) is 1.23. The molecule has 1 aliphatic heterocycles. The molecule has 4 heterocycles. The van der Waals surface area contributed by atoms with Gasteiger partial charge in [-0.05, 0) is 91.8 Å². The number of nitrogens with zero attached hydrogens (tertiary/aromatic N) is 4. The molecule has 4 aliphatic rings. The van der Waals surface area contributed by atoms with Crippen molar-refractivity contribution < 1.29 is 23.9 Å². The Labute approximate surface area is 319 Å². The summed E-state index contributed by atoms with van der Waals surface area (Å²) in [6.07, 6.45) is 5.49. The van der Waals surface area contributed by atoms with Gasteiger partial charge in [0.25, 0.3) is 5.91 Å². The van der Waals surface area contributed by atoms with Gasteiger partial charge >= 0.3 is 6.09 Å². The van der Waals surface area contributed by atoms with Crippen molar-refractivity contribution in [2.24, 2.45) is 11.8 Å². The highest BCUT2D eigenvalue weighted by molar-refractivity contribution is 5.99. The van der Waals surface area contributed by atoms with Gasteiger partial charge in [0.1, 0.15) is 23.6 Å². The van der Waals surface area contributed by atoms with E-state index in [9.17, 15) is 14.4 Å². The van der Waals surface area contributed by atoms with Crippen LogP contribution < -0.4 is 10.1 Å². The first-order valence-electron chi connectivity index (χ1n) is 19.4. The lowest BCUT2D eigenvalue weighted by atomic mass is 9.98. The molecule has 1 N–H and O–H groups in total. The molecule has 0 radical (unpaired) electrons. The molecule has 10 rings (SSSR count). The van der Waals surface area contributed by atoms with Gasteiger partial charge in [-0.2, -0.15) is 5.10 Å². The second-order valence-electron chi connectivity index (χ2n) is 15.8. The van der Waals surface area contributed by atoms with Crippen molar-refractivity contribution in [1.82, 2.24) is 24.4 Å². The van der Waals surface area contributed by atoms with Crippen molar-refractivity contribution in [2.45, 2.75) is 64.1 Å². The van der Waals surface area contributed by atoms with Crippen LogP contribution in [0.1, 0.15) is 75.9 Å². The Morgan fingerprint density at radius 2 is 1.64 bits per heavy atom. The average molecular weight is 734 g/mol. The number of ether oxygens (including phenoxy) is 2. The molecule has 3 aliphatic carbocycles. The number of carbonyl (C=O) groups excluding carboxylic acids is 3. The first-order chi connectivity index (χ1) is 26.8. The van der Waals surface area contributed by atoms with Crippen LogP contribution in [0.25, 0.3) is 38.9 Å². The van der Waals surface area contributed by atoms with Crippen LogP contribution in [-0.2, 0) is 11.3 Å². The summed E-state index contributed by atoms with van der Waals surface area (Å²) in [7, 11) is 1.62. The van der Waals surface area contributed by atoms with Crippen molar-refractivity contribution >= 4 is 34.2 Å². The number of fused-ring (bicyclic) bond motifs is 7. The van der Waals surface area contributed by atoms with E-state index in [4.69, 9.17) is 14.6 Å². The third kappa shape index (κ3) is 5.52. The molecule has 0 spiro atoms. The number of nitrogens with one attached hydrogen (secondary N) is 1. The van der Waals surface area contributed by atoms with Crippen LogP contribution in [-0.4, -0.2) is 69.2 Å². The summed E-state index contributed by atoms with van der Waals surface area (Å²) in [6.45, 7) is 5.31. The molecule has 3 aromatic carbocycles. The highest BCUT2D eigenvalue weighted by atomic mass is 16.5. The Morgan fingerprint density at radius 3 is 2.35 bits per heavy atom. The first kappa shape index (κ1) is 33.7. The maximum atomic E-state index is 14.3. The Morgan fingerprint density at radius 1 is 0.891 bits per heavy atom. The summed E-state index contributed by atoms with van der Waals surface area (Å²) >= 11 is 0. The average Bonchev–Trinajstić information content (AvgIpc) is 3.41. The molecular formula is C45H43N5O5. The largest absolute Gasteiger partial charge is 0.494 e. The second kappa shape index (κ2) is 12.9. The lowest BCUT2D eigenvalue weighted by Crippen LogP contribution is -2.45. The highest BCUT2D eigenvalue weighted by Crippen LogP contribution is 2.45. The van der Waals surface area contributed by atoms with Crippen LogP contribution in [0.15, 0.2) is 85.1 Å². The third-order valence-electron chi connectivity index (χ3n) is 12.6. The number of rotatable bonds is 9. The van der Waals surface area contributed by atoms with E-state index in [0.717, 1.165) is 52.8 Å². The van der Waals surface area contributed by atoms with Crippen molar-refractivity contribution in [3.05, 3.63) is 113 Å². The number of likely N-dealkylation sites (tertiary alicyclic amines) is 1. The topological polar surface area (TPSA) is 107 Å². The van der Waals surface area contributed by atoms with Gasteiger partial charge in [-0.15, -0.1) is 0 Å². The van der Waals surface area contributed by atoms with Gasteiger partial charge in [0.15, 0.2) is 5.78 Å². The SMILES string of the molecule is COc1cc(C(=O)N2CC3CCC2[C@@H]3NC(=O)OCC2c3ccccc3-c3ccccc32)cn2nc(-c3cc4ccc(C(C)=O)cc4n3CC3CC3)c(C)c12. The van der Waals surface area contributed by atoms with E-state index in [-0.39, 0.29) is 42.2 Å². The molecule has 1 saturated heterocycles. The number of carbonyl (C=O) groups is 3. The number of hydrogen-bond donors (Lipinski definition) is 1. The van der Waals surface area contributed by atoms with Crippen LogP contribution in [0.4, 0.5) is 4.79 Å². The minimum absolute atomic E-state index is 0.0194. The smallest absolute Gasteiger partial charge is 0.407 e. The maximum absolute atomic E-state index is 14.3. The summed E-state index contributed by atoms with van der Waals surface area (Å²) in [6, 6.07) is 26.2. The highest BCUT2D eigenvalue weighted by Gasteiger charge is 2.50. The van der Waals surface area contributed by atoms with Gasteiger partial charge in [-0.3, -0.25) is 9.59 Å². The molecule has 3 fully saturated rings. The summed E-state index contributed by atoms with van der Waals surface area (Å²) < 4.78 is 15.9. The normalized spacial score (nSPS) is 19.9. The standard InChI is InChI=1S/C45H43N5O5/c1-25-41(39-19-29-15-14-28(26(2)51)18-38(29)48(39)21-27-12-13-27)47-50-23-31(20-40(54-3)43(25)50)44(52)49-22-30-16-17-37(49)42(30)46-45(53)55-24-36-34-10-6-4-8-32(34)33-9-5-7-11-35(33)36/h4-11,14-15,18-20,23,27,30,36-37,42H,12-13,16-17,21-22,24H2,1-3H3,(H,46,53)/t30?,37?,42-/m1/s1. The van der Waals surface area contributed by atoms with Crippen LogP contribution in [0, 0.1) is 18.8 Å². The Kier molecular flexibility index (Phi) is 7.87. The number of amides is 2. The molecule has 3 atom stereocenters. The van der Waals surface area contributed by atoms with E-state index in [1.54, 1.807) is 24.7 Å². The van der Waals surface area contributed by atoms with E-state index in [1.807, 2.05) is 60.4 Å². The molecule has 2 amide bonds. The minimum atomic E-state index is -0.447. The molecule has 278 valence electrons. The maximum Gasteiger partial charge on any atom is 0.407 e. The zero-order valence-electron chi connectivity index (χ0n) is 31.2. The number of ketones is 1. The zero-order chi connectivity index (χ0) is 37.5. The second-order valence-corrected chi connectivity index (χ2v) is 15.8. The minimum Gasteiger partial charge on any atom is -0.494 e. The van der Waals surface area contributed by atoms with Gasteiger partial charge in [0.2, 0.25) is 0 Å². The van der Waals surface area contributed by atoms with E-state index < -0.39 is 6.09 Å². The molecule has 10 heteroatoms. The van der Waals surface area contributed by atoms with Crippen LogP contribution >= 0.6 is 0 Å². The molecule has 6 aromatic rings. The summed E-state index contributed by atoms with van der Waals surface area (Å²) in [5.41, 5.74) is 10.5. The monoisotopic (exact) mass is 733 g/mol. The summed E-state index contributed by atoms with van der Waals surface area (Å²) in [5, 5.41) is 9.31. The van der Waals surface area contributed by atoms with E-state index in [0.29, 0.717) is 29.3 Å². The number of methoxy groups -OCH3 is 1. The van der Waals surface area contributed by atoms with Gasteiger partial charge < -0.3 is 24.3 Å². The molecule has 2 saturated carbocycles. The predicted molar refractivity (Wildman–Crippen MR) is 210 cm³/mol. The van der Waals surface area contributed by atoms with Gasteiger partial charge in [-0.1, -0.05) is 60.7 Å². The lowest BCUT2D eigenvalue weighted by molar-refractivity contribution is 0.0694. The predicted octanol–water partition coefficient (Wildman–Crippen LogP) is 8.03. The van der Waals surface area contributed by atoms with Gasteiger partial charge in [0.05, 0.1) is 30.5 Å². The fourth-order valence-electron chi connectivity index (χ4n) is 9.62. The lowest BCUT2D eigenvalue weighted by Gasteiger charge is -2.28. The van der Waals surface area contributed by atoms with Crippen LogP contribution in [0.3, 0.4) is 0 Å². The molecule has 2 unspecified atom stereocenters. The molecule has 2 bridgehead atoms. The molecule has 3 aromatic heterocycles. The van der Waals surface area contributed by atoms with Crippen molar-refractivity contribution in [3.8, 4) is 28.3 Å². The summed E-state index contributed by atoms with van der Waals surface area (Å²) in [4.78, 5) is 41.8. The van der Waals surface area contributed by atoms with Crippen molar-refractivity contribution in [1.29, 1.82) is 0 Å². The van der Waals surface area contributed by atoms with Crippen LogP contribution in [0.5, 0.6) is 5.75 Å². The number of Topliss-reactive ketones (excluding diaryl/α,β-unsaturated/α-hetero) is 1. The molecular weight excluding hydrogens is 691 g/mol. The van der Waals surface area contributed by atoms with Gasteiger partial charge in [0, 0.05) is 47.2 Å². The fraction of sp³-hybridized carbons (Fsp3) is 0.333. The van der Waals surface area contributed by atoms with Gasteiger partial charge in [-0.25, -0.2) is 9.31 Å². The molecule has 55 heavy (non-hydrogen) atoms. The van der Waals surface area contributed by atoms with E-state index in [1.165, 1.54) is 35.1 Å². The molecule has 10 nitrogen and oxygen atoms in total. The number of alkyl carbamates (subject to hydrolysis) is 1. The quantitative estimate of drug-likeness (QED) is 0.151. The Hall–Kier alpha value is -5.90.